The van der Waals surface area contributed by atoms with Gasteiger partial charge in [-0.3, -0.25) is 4.79 Å². The standard InChI is InChI=1S/C25H21N3O/c29-25(19-12-7-13-19)26-20-14-15-21-22(16-20)28-24(18-10-5-2-6-11-18)23(27-21)17-8-3-1-4-9-17/h1-6,8-11,14-16,19H,7,12-13H2,(H,26,29). The molecule has 3 aromatic carbocycles. The summed E-state index contributed by atoms with van der Waals surface area (Å²) in [6, 6.07) is 26.0. The largest absolute Gasteiger partial charge is 0.326 e. The Morgan fingerprint density at radius 1 is 0.759 bits per heavy atom. The van der Waals surface area contributed by atoms with Gasteiger partial charge in [-0.1, -0.05) is 67.1 Å². The van der Waals surface area contributed by atoms with Crippen molar-refractivity contribution in [2.75, 3.05) is 5.32 Å². The zero-order valence-corrected chi connectivity index (χ0v) is 16.0. The molecule has 0 spiro atoms. The smallest absolute Gasteiger partial charge is 0.227 e. The molecular weight excluding hydrogens is 358 g/mol. The number of nitrogens with one attached hydrogen (secondary N) is 1. The van der Waals surface area contributed by atoms with Crippen LogP contribution in [0.5, 0.6) is 0 Å². The number of carbonyl (C=O) groups excluding carboxylic acids is 1. The van der Waals surface area contributed by atoms with Crippen LogP contribution in [0.2, 0.25) is 0 Å². The van der Waals surface area contributed by atoms with Crippen molar-refractivity contribution in [2.45, 2.75) is 19.3 Å². The molecule has 4 heteroatoms. The fourth-order valence-corrected chi connectivity index (χ4v) is 3.64. The molecule has 0 saturated heterocycles. The third-order valence-electron chi connectivity index (χ3n) is 5.50. The van der Waals surface area contributed by atoms with E-state index in [-0.39, 0.29) is 11.8 Å². The number of benzene rings is 3. The minimum Gasteiger partial charge on any atom is -0.326 e. The minimum absolute atomic E-state index is 0.104. The summed E-state index contributed by atoms with van der Waals surface area (Å²) >= 11 is 0. The van der Waals surface area contributed by atoms with E-state index in [2.05, 4.69) is 17.4 Å². The lowest BCUT2D eigenvalue weighted by atomic mass is 9.85. The van der Waals surface area contributed by atoms with E-state index in [1.807, 2.05) is 66.7 Å². The number of carbonyl (C=O) groups is 1. The molecule has 0 bridgehead atoms. The third-order valence-corrected chi connectivity index (χ3v) is 5.50. The number of aromatic nitrogens is 2. The van der Waals surface area contributed by atoms with E-state index in [9.17, 15) is 4.79 Å². The number of hydrogen-bond acceptors (Lipinski definition) is 3. The maximum Gasteiger partial charge on any atom is 0.227 e. The lowest BCUT2D eigenvalue weighted by Crippen LogP contribution is -2.27. The van der Waals surface area contributed by atoms with Gasteiger partial charge in [-0.25, -0.2) is 9.97 Å². The Morgan fingerprint density at radius 3 is 1.90 bits per heavy atom. The average Bonchev–Trinajstić information content (AvgIpc) is 2.73. The molecule has 0 radical (unpaired) electrons. The van der Waals surface area contributed by atoms with Gasteiger partial charge >= 0.3 is 0 Å². The minimum atomic E-state index is 0.104. The zero-order valence-electron chi connectivity index (χ0n) is 16.0. The molecule has 1 aromatic heterocycles. The van der Waals surface area contributed by atoms with Crippen LogP contribution in [0.4, 0.5) is 5.69 Å². The van der Waals surface area contributed by atoms with Crippen LogP contribution in [-0.4, -0.2) is 15.9 Å². The van der Waals surface area contributed by atoms with Crippen molar-refractivity contribution in [1.29, 1.82) is 0 Å². The van der Waals surface area contributed by atoms with Gasteiger partial charge in [0.2, 0.25) is 5.91 Å². The SMILES string of the molecule is O=C(Nc1ccc2nc(-c3ccccc3)c(-c3ccccc3)nc2c1)C1CCC1. The van der Waals surface area contributed by atoms with Gasteiger partial charge in [0.25, 0.3) is 0 Å². The van der Waals surface area contributed by atoms with E-state index < -0.39 is 0 Å². The van der Waals surface area contributed by atoms with Crippen molar-refractivity contribution in [2.24, 2.45) is 5.92 Å². The van der Waals surface area contributed by atoms with E-state index in [1.54, 1.807) is 0 Å². The maximum atomic E-state index is 12.3. The maximum absolute atomic E-state index is 12.3. The molecule has 142 valence electrons. The van der Waals surface area contributed by atoms with Gasteiger partial charge in [0.05, 0.1) is 22.4 Å². The molecule has 1 amide bonds. The molecule has 0 atom stereocenters. The van der Waals surface area contributed by atoms with Gasteiger partial charge in [0.15, 0.2) is 0 Å². The Balaban J connectivity index is 1.61. The number of amides is 1. The highest BCUT2D eigenvalue weighted by Crippen LogP contribution is 2.32. The number of rotatable bonds is 4. The van der Waals surface area contributed by atoms with Gasteiger partial charge in [-0.05, 0) is 31.0 Å². The fraction of sp³-hybridized carbons (Fsp3) is 0.160. The second-order valence-electron chi connectivity index (χ2n) is 7.47. The summed E-state index contributed by atoms with van der Waals surface area (Å²) in [7, 11) is 0. The molecule has 1 aliphatic rings. The second kappa shape index (κ2) is 7.47. The summed E-state index contributed by atoms with van der Waals surface area (Å²) in [5.41, 5.74) is 6.10. The van der Waals surface area contributed by atoms with Crippen molar-refractivity contribution in [1.82, 2.24) is 9.97 Å². The molecule has 1 heterocycles. The van der Waals surface area contributed by atoms with E-state index in [4.69, 9.17) is 9.97 Å². The first-order valence-electron chi connectivity index (χ1n) is 10.0. The predicted molar refractivity (Wildman–Crippen MR) is 116 cm³/mol. The molecular formula is C25H21N3O. The van der Waals surface area contributed by atoms with Gasteiger partial charge < -0.3 is 5.32 Å². The van der Waals surface area contributed by atoms with Gasteiger partial charge in [-0.2, -0.15) is 0 Å². The normalized spacial score (nSPS) is 13.8. The summed E-state index contributed by atoms with van der Waals surface area (Å²) < 4.78 is 0. The topological polar surface area (TPSA) is 54.9 Å². The lowest BCUT2D eigenvalue weighted by Gasteiger charge is -2.24. The molecule has 4 nitrogen and oxygen atoms in total. The van der Waals surface area contributed by atoms with E-state index in [1.165, 1.54) is 0 Å². The van der Waals surface area contributed by atoms with Crippen LogP contribution >= 0.6 is 0 Å². The van der Waals surface area contributed by atoms with Crippen LogP contribution in [0.15, 0.2) is 78.9 Å². The molecule has 0 unspecified atom stereocenters. The number of fused-ring (bicyclic) bond motifs is 1. The summed E-state index contributed by atoms with van der Waals surface area (Å²) in [4.78, 5) is 22.2. The summed E-state index contributed by atoms with van der Waals surface area (Å²) in [6.07, 6.45) is 3.11. The Bertz CT molecular complexity index is 1170. The molecule has 1 aliphatic carbocycles. The molecule has 0 aliphatic heterocycles. The number of nitrogens with zero attached hydrogens (tertiary/aromatic N) is 2. The van der Waals surface area contributed by atoms with Crippen LogP contribution in [0, 0.1) is 5.92 Å². The van der Waals surface area contributed by atoms with Crippen LogP contribution in [0.1, 0.15) is 19.3 Å². The number of anilines is 1. The molecule has 1 fully saturated rings. The van der Waals surface area contributed by atoms with E-state index >= 15 is 0 Å². The fourth-order valence-electron chi connectivity index (χ4n) is 3.64. The van der Waals surface area contributed by atoms with Crippen LogP contribution < -0.4 is 5.32 Å². The van der Waals surface area contributed by atoms with E-state index in [0.717, 1.165) is 58.5 Å². The van der Waals surface area contributed by atoms with Gasteiger partial charge in [0, 0.05) is 22.7 Å². The summed E-state index contributed by atoms with van der Waals surface area (Å²) in [5, 5.41) is 3.03. The highest BCUT2D eigenvalue weighted by molar-refractivity contribution is 5.95. The summed E-state index contributed by atoms with van der Waals surface area (Å²) in [5.74, 6) is 0.255. The quantitative estimate of drug-likeness (QED) is 0.495. The lowest BCUT2D eigenvalue weighted by molar-refractivity contribution is -0.122. The van der Waals surface area contributed by atoms with Crippen LogP contribution in [0.3, 0.4) is 0 Å². The van der Waals surface area contributed by atoms with Gasteiger partial charge in [0.1, 0.15) is 0 Å². The molecule has 29 heavy (non-hydrogen) atoms. The molecule has 1 N–H and O–H groups in total. The van der Waals surface area contributed by atoms with Crippen LogP contribution in [-0.2, 0) is 4.79 Å². The highest BCUT2D eigenvalue weighted by Gasteiger charge is 2.25. The first kappa shape index (κ1) is 17.6. The van der Waals surface area contributed by atoms with Crippen LogP contribution in [0.25, 0.3) is 33.5 Å². The van der Waals surface area contributed by atoms with Crippen molar-refractivity contribution < 1.29 is 4.79 Å². The van der Waals surface area contributed by atoms with Crippen molar-refractivity contribution in [3.8, 4) is 22.5 Å². The molecule has 4 aromatic rings. The Labute approximate surface area is 169 Å². The Morgan fingerprint density at radius 2 is 1.34 bits per heavy atom. The number of hydrogen-bond donors (Lipinski definition) is 1. The van der Waals surface area contributed by atoms with Crippen molar-refractivity contribution >= 4 is 22.6 Å². The van der Waals surface area contributed by atoms with Crippen molar-refractivity contribution in [3.05, 3.63) is 78.9 Å². The Kier molecular flexibility index (Phi) is 4.53. The molecule has 5 rings (SSSR count). The predicted octanol–water partition coefficient (Wildman–Crippen LogP) is 5.70. The average molecular weight is 379 g/mol. The third kappa shape index (κ3) is 3.49. The monoisotopic (exact) mass is 379 g/mol. The molecule has 1 saturated carbocycles. The van der Waals surface area contributed by atoms with E-state index in [0.29, 0.717) is 0 Å². The first-order valence-corrected chi connectivity index (χ1v) is 10.0. The zero-order chi connectivity index (χ0) is 19.6. The second-order valence-corrected chi connectivity index (χ2v) is 7.47. The highest BCUT2D eigenvalue weighted by atomic mass is 16.1. The van der Waals surface area contributed by atoms with Crippen molar-refractivity contribution in [3.63, 3.8) is 0 Å². The summed E-state index contributed by atoms with van der Waals surface area (Å²) in [6.45, 7) is 0. The first-order chi connectivity index (χ1) is 14.3. The van der Waals surface area contributed by atoms with Gasteiger partial charge in [-0.15, -0.1) is 0 Å². The Hall–Kier alpha value is -3.53.